The van der Waals surface area contributed by atoms with Gasteiger partial charge in [-0.05, 0) is 150 Å². The van der Waals surface area contributed by atoms with Gasteiger partial charge in [0, 0.05) is 67.6 Å². The van der Waals surface area contributed by atoms with Crippen molar-refractivity contribution in [1.82, 2.24) is 35.3 Å². The molecule has 3 saturated heterocycles. The van der Waals surface area contributed by atoms with Crippen molar-refractivity contribution >= 4 is 40.7 Å². The normalized spacial score (nSPS) is 18.2. The van der Waals surface area contributed by atoms with Crippen LogP contribution in [-0.2, 0) is 21.7 Å². The summed E-state index contributed by atoms with van der Waals surface area (Å²) < 4.78 is 1.80. The van der Waals surface area contributed by atoms with Crippen LogP contribution in [0.15, 0.2) is 91.4 Å². The first kappa shape index (κ1) is 41.6. The van der Waals surface area contributed by atoms with Gasteiger partial charge in [0.15, 0.2) is 0 Å². The average molecular weight is 823 g/mol. The fourth-order valence-corrected chi connectivity index (χ4v) is 8.67. The Kier molecular flexibility index (Phi) is 12.5. The first-order valence-corrected chi connectivity index (χ1v) is 21.7. The van der Waals surface area contributed by atoms with E-state index in [1.165, 1.54) is 30.6 Å². The summed E-state index contributed by atoms with van der Waals surface area (Å²) in [4.78, 5) is 50.9. The summed E-state index contributed by atoms with van der Waals surface area (Å²) in [6.07, 6.45) is 10.8. The van der Waals surface area contributed by atoms with Gasteiger partial charge < -0.3 is 25.8 Å². The molecule has 5 aromatic rings. The number of aryl methyl sites for hydroxylation is 1. The number of likely N-dealkylation sites (tertiary alicyclic amines) is 1. The Balaban J connectivity index is 0.764. The van der Waals surface area contributed by atoms with Crippen molar-refractivity contribution in [1.29, 1.82) is 0 Å². The summed E-state index contributed by atoms with van der Waals surface area (Å²) in [5, 5.41) is 16.5. The number of anilines is 4. The van der Waals surface area contributed by atoms with E-state index >= 15 is 0 Å². The Hall–Kier alpha value is -6.08. The third-order valence-electron chi connectivity index (χ3n) is 12.4. The summed E-state index contributed by atoms with van der Waals surface area (Å²) in [7, 11) is 0. The van der Waals surface area contributed by atoms with E-state index in [2.05, 4.69) is 117 Å². The number of hydrogen-bond donors (Lipinski definition) is 4. The Morgan fingerprint density at radius 3 is 2.30 bits per heavy atom. The van der Waals surface area contributed by atoms with Crippen LogP contribution in [0, 0.1) is 12.8 Å². The maximum Gasteiger partial charge on any atom is 0.254 e. The average Bonchev–Trinajstić information content (AvgIpc) is 3.78. The van der Waals surface area contributed by atoms with Gasteiger partial charge in [-0.2, -0.15) is 5.10 Å². The smallest absolute Gasteiger partial charge is 0.254 e. The summed E-state index contributed by atoms with van der Waals surface area (Å²) >= 11 is 0. The molecule has 61 heavy (non-hydrogen) atoms. The molecule has 0 aliphatic carbocycles. The lowest BCUT2D eigenvalue weighted by Crippen LogP contribution is -2.47. The van der Waals surface area contributed by atoms with Crippen molar-refractivity contribution in [3.63, 3.8) is 0 Å². The molecule has 13 nitrogen and oxygen atoms in total. The van der Waals surface area contributed by atoms with E-state index in [4.69, 9.17) is 4.98 Å². The topological polar surface area (TPSA) is 149 Å². The number of imide groups is 1. The van der Waals surface area contributed by atoms with Crippen LogP contribution >= 0.6 is 0 Å². The molecule has 1 atom stereocenters. The predicted molar refractivity (Wildman–Crippen MR) is 240 cm³/mol. The number of piperidine rings is 3. The third-order valence-corrected chi connectivity index (χ3v) is 12.4. The highest BCUT2D eigenvalue weighted by Gasteiger charge is 2.28. The van der Waals surface area contributed by atoms with Gasteiger partial charge in [-0.25, -0.2) is 9.97 Å². The molecule has 0 radical (unpaired) electrons. The number of benzene rings is 3. The highest BCUT2D eigenvalue weighted by molar-refractivity contribution is 6.01. The standard InChI is InChI=1S/C48H58N10O3/c1-32-27-36(5-6-37(32)28-50-45(60)38-29-51-58(31-38)48(2,3)4)42-17-22-49-47(54-42)53-40-11-13-41(14-12-40)57-25-18-33(19-26-57)30-56-23-20-35(21-24-56)34-7-9-39(10-8-34)52-43-15-16-44(59)55-46(43)61/h5-14,17,22,27,29,31,33,35,43,52H,15-16,18-21,23-26,28,30H2,1-4H3,(H,50,60)(H,49,53,54)(H,55,59,61). The predicted octanol–water partition coefficient (Wildman–Crippen LogP) is 7.39. The SMILES string of the molecule is Cc1cc(-c2ccnc(Nc3ccc(N4CCC(CN5CCC(c6ccc(NC7CCC(=O)NC7=O)cc6)CC5)CC4)cc3)n2)ccc1CNC(=O)c1cnn(C(C)(C)C)c1. The number of hydrogen-bond acceptors (Lipinski definition) is 10. The molecule has 13 heteroatoms. The van der Waals surface area contributed by atoms with E-state index in [1.807, 2.05) is 25.1 Å². The minimum Gasteiger partial charge on any atom is -0.374 e. The molecule has 0 spiro atoms. The fraction of sp³-hybridized carbons (Fsp3) is 0.417. The van der Waals surface area contributed by atoms with E-state index in [1.54, 1.807) is 23.3 Å². The van der Waals surface area contributed by atoms with E-state index in [0.29, 0.717) is 42.7 Å². The van der Waals surface area contributed by atoms with E-state index in [-0.39, 0.29) is 29.3 Å². The molecule has 3 aromatic carbocycles. The maximum atomic E-state index is 12.8. The molecule has 3 amide bonds. The van der Waals surface area contributed by atoms with Crippen LogP contribution in [0.5, 0.6) is 0 Å². The third kappa shape index (κ3) is 10.5. The van der Waals surface area contributed by atoms with Crippen molar-refractivity contribution in [2.24, 2.45) is 5.92 Å². The van der Waals surface area contributed by atoms with E-state index in [0.717, 1.165) is 72.8 Å². The van der Waals surface area contributed by atoms with Gasteiger partial charge in [0.1, 0.15) is 6.04 Å². The second kappa shape index (κ2) is 18.3. The minimum absolute atomic E-state index is 0.146. The van der Waals surface area contributed by atoms with Crippen LogP contribution in [-0.4, -0.2) is 81.1 Å². The highest BCUT2D eigenvalue weighted by Crippen LogP contribution is 2.32. The van der Waals surface area contributed by atoms with Crippen molar-refractivity contribution in [3.8, 4) is 11.3 Å². The van der Waals surface area contributed by atoms with Gasteiger partial charge in [-0.1, -0.05) is 24.3 Å². The summed E-state index contributed by atoms with van der Waals surface area (Å²) in [6, 6.07) is 24.8. The maximum absolute atomic E-state index is 12.8. The van der Waals surface area contributed by atoms with Crippen LogP contribution in [0.1, 0.15) is 92.3 Å². The van der Waals surface area contributed by atoms with Gasteiger partial charge >= 0.3 is 0 Å². The molecule has 1 unspecified atom stereocenters. The zero-order valence-corrected chi connectivity index (χ0v) is 35.8. The van der Waals surface area contributed by atoms with E-state index < -0.39 is 0 Å². The molecule has 8 rings (SSSR count). The second-order valence-electron chi connectivity index (χ2n) is 17.9. The largest absolute Gasteiger partial charge is 0.374 e. The lowest BCUT2D eigenvalue weighted by Gasteiger charge is -2.38. The number of rotatable bonds is 12. The van der Waals surface area contributed by atoms with Crippen LogP contribution in [0.4, 0.5) is 23.0 Å². The molecule has 318 valence electrons. The Bertz CT molecular complexity index is 2320. The lowest BCUT2D eigenvalue weighted by atomic mass is 9.88. The molecule has 2 aromatic heterocycles. The quantitative estimate of drug-likeness (QED) is 0.0939. The Labute approximate surface area is 358 Å². The van der Waals surface area contributed by atoms with Gasteiger partial charge in [0.25, 0.3) is 5.91 Å². The lowest BCUT2D eigenvalue weighted by molar-refractivity contribution is -0.133. The Morgan fingerprint density at radius 1 is 0.869 bits per heavy atom. The van der Waals surface area contributed by atoms with E-state index in [9.17, 15) is 14.4 Å². The van der Waals surface area contributed by atoms with Gasteiger partial charge in [0.05, 0.1) is 23.0 Å². The second-order valence-corrected chi connectivity index (χ2v) is 17.9. The number of carbonyl (C=O) groups is 3. The number of nitrogens with zero attached hydrogens (tertiary/aromatic N) is 6. The van der Waals surface area contributed by atoms with Crippen LogP contribution in [0.3, 0.4) is 0 Å². The van der Waals surface area contributed by atoms with Crippen molar-refractivity contribution in [2.45, 2.75) is 90.3 Å². The first-order valence-electron chi connectivity index (χ1n) is 21.7. The monoisotopic (exact) mass is 822 g/mol. The van der Waals surface area contributed by atoms with Crippen molar-refractivity contribution < 1.29 is 14.4 Å². The van der Waals surface area contributed by atoms with Gasteiger partial charge in [-0.3, -0.25) is 24.4 Å². The number of carbonyl (C=O) groups excluding carboxylic acids is 3. The number of nitrogens with one attached hydrogen (secondary N) is 4. The first-order chi connectivity index (χ1) is 29.4. The molecular formula is C48H58N10O3. The molecule has 5 heterocycles. The molecule has 0 saturated carbocycles. The Morgan fingerprint density at radius 2 is 1.61 bits per heavy atom. The number of amides is 3. The van der Waals surface area contributed by atoms with Crippen LogP contribution in [0.25, 0.3) is 11.3 Å². The molecular weight excluding hydrogens is 765 g/mol. The minimum atomic E-state index is -0.359. The van der Waals surface area contributed by atoms with Crippen LogP contribution in [0.2, 0.25) is 0 Å². The highest BCUT2D eigenvalue weighted by atomic mass is 16.2. The van der Waals surface area contributed by atoms with Crippen molar-refractivity contribution in [2.75, 3.05) is 48.3 Å². The molecule has 0 bridgehead atoms. The zero-order chi connectivity index (χ0) is 42.5. The zero-order valence-electron chi connectivity index (χ0n) is 35.8. The van der Waals surface area contributed by atoms with Crippen LogP contribution < -0.4 is 26.2 Å². The summed E-state index contributed by atoms with van der Waals surface area (Å²) in [6.45, 7) is 14.2. The van der Waals surface area contributed by atoms with Gasteiger partial charge in [-0.15, -0.1) is 0 Å². The molecule has 3 fully saturated rings. The summed E-state index contributed by atoms with van der Waals surface area (Å²) in [5.74, 6) is 1.23. The summed E-state index contributed by atoms with van der Waals surface area (Å²) in [5.41, 5.74) is 8.74. The van der Waals surface area contributed by atoms with Gasteiger partial charge in [0.2, 0.25) is 17.8 Å². The van der Waals surface area contributed by atoms with Crippen molar-refractivity contribution in [3.05, 3.63) is 114 Å². The molecule has 4 N–H and O–H groups in total. The molecule has 3 aliphatic heterocycles. The number of aromatic nitrogens is 4. The fourth-order valence-electron chi connectivity index (χ4n) is 8.67. The molecule has 3 aliphatic rings.